The zero-order valence-electron chi connectivity index (χ0n) is 11.5. The third kappa shape index (κ3) is 3.33. The molecule has 0 aliphatic heterocycles. The fraction of sp³-hybridized carbons (Fsp3) is 0.0625. The van der Waals surface area contributed by atoms with Crippen molar-refractivity contribution >= 4 is 17.7 Å². The van der Waals surface area contributed by atoms with Gasteiger partial charge in [0.25, 0.3) is 5.95 Å². The van der Waals surface area contributed by atoms with E-state index in [-0.39, 0.29) is 0 Å². The Morgan fingerprint density at radius 3 is 2.52 bits per heavy atom. The average Bonchev–Trinajstić information content (AvgIpc) is 2.96. The van der Waals surface area contributed by atoms with E-state index in [9.17, 15) is 0 Å². The number of para-hydroxylation sites is 1. The lowest BCUT2D eigenvalue weighted by Crippen LogP contribution is -2.04. The Kier molecular flexibility index (Phi) is 3.73. The fourth-order valence-electron chi connectivity index (χ4n) is 1.93. The summed E-state index contributed by atoms with van der Waals surface area (Å²) in [7, 11) is 0. The van der Waals surface area contributed by atoms with Crippen molar-refractivity contribution in [1.82, 2.24) is 20.2 Å². The van der Waals surface area contributed by atoms with Crippen LogP contribution < -0.4 is 5.32 Å². The van der Waals surface area contributed by atoms with E-state index in [4.69, 9.17) is 0 Å². The van der Waals surface area contributed by atoms with Crippen molar-refractivity contribution in [2.75, 3.05) is 5.32 Å². The summed E-state index contributed by atoms with van der Waals surface area (Å²) in [6, 6.07) is 17.9. The second-order valence-electron chi connectivity index (χ2n) is 4.58. The van der Waals surface area contributed by atoms with Gasteiger partial charge in [0, 0.05) is 5.69 Å². The highest BCUT2D eigenvalue weighted by molar-refractivity contribution is 5.51. The van der Waals surface area contributed by atoms with Gasteiger partial charge in [-0.25, -0.2) is 0 Å². The largest absolute Gasteiger partial charge is 0.322 e. The molecule has 0 radical (unpaired) electrons. The molecule has 5 nitrogen and oxygen atoms in total. The summed E-state index contributed by atoms with van der Waals surface area (Å²) in [4.78, 5) is 1.56. The molecule has 0 aliphatic carbocycles. The van der Waals surface area contributed by atoms with Crippen LogP contribution in [-0.2, 0) is 6.54 Å². The molecule has 0 fully saturated rings. The number of hydrogen-bond acceptors (Lipinski definition) is 4. The van der Waals surface area contributed by atoms with E-state index in [1.165, 1.54) is 0 Å². The lowest BCUT2D eigenvalue weighted by molar-refractivity contribution is 0.573. The normalized spacial score (nSPS) is 10.3. The molecule has 0 bridgehead atoms. The van der Waals surface area contributed by atoms with Crippen LogP contribution in [0.25, 0.3) is 6.08 Å². The summed E-state index contributed by atoms with van der Waals surface area (Å²) < 4.78 is 0. The molecular formula is C16H15N5. The summed E-state index contributed by atoms with van der Waals surface area (Å²) in [6.07, 6.45) is 1.82. The van der Waals surface area contributed by atoms with Crippen LogP contribution in [0, 0.1) is 0 Å². The molecule has 0 saturated carbocycles. The third-order valence-electron chi connectivity index (χ3n) is 3.02. The van der Waals surface area contributed by atoms with E-state index >= 15 is 0 Å². The maximum absolute atomic E-state index is 4.31. The Labute approximate surface area is 122 Å². The second kappa shape index (κ2) is 6.00. The number of rotatable bonds is 5. The summed E-state index contributed by atoms with van der Waals surface area (Å²) in [5.41, 5.74) is 3.15. The minimum absolute atomic E-state index is 0.490. The molecule has 0 amide bonds. The first kappa shape index (κ1) is 13.1. The highest BCUT2D eigenvalue weighted by Crippen LogP contribution is 2.11. The fourth-order valence-corrected chi connectivity index (χ4v) is 1.93. The van der Waals surface area contributed by atoms with E-state index in [0.717, 1.165) is 16.8 Å². The molecule has 1 N–H and O–H groups in total. The molecule has 5 heteroatoms. The van der Waals surface area contributed by atoms with Gasteiger partial charge in [-0.2, -0.15) is 4.80 Å². The zero-order valence-corrected chi connectivity index (χ0v) is 11.5. The molecule has 0 unspecified atom stereocenters. The van der Waals surface area contributed by atoms with E-state index in [1.54, 1.807) is 4.80 Å². The first-order valence-electron chi connectivity index (χ1n) is 6.65. The number of nitrogens with zero attached hydrogens (tertiary/aromatic N) is 4. The Morgan fingerprint density at radius 1 is 1.05 bits per heavy atom. The monoisotopic (exact) mass is 277 g/mol. The minimum atomic E-state index is 0.490. The van der Waals surface area contributed by atoms with Crippen LogP contribution in [0.1, 0.15) is 11.1 Å². The van der Waals surface area contributed by atoms with E-state index in [0.29, 0.717) is 12.5 Å². The van der Waals surface area contributed by atoms with Gasteiger partial charge in [0.1, 0.15) is 0 Å². The molecule has 1 heterocycles. The van der Waals surface area contributed by atoms with Gasteiger partial charge in [-0.3, -0.25) is 0 Å². The van der Waals surface area contributed by atoms with E-state index in [1.807, 2.05) is 60.7 Å². The molecule has 0 saturated heterocycles. The number of benzene rings is 2. The van der Waals surface area contributed by atoms with Crippen LogP contribution in [0.4, 0.5) is 11.6 Å². The molecule has 3 rings (SSSR count). The van der Waals surface area contributed by atoms with E-state index < -0.39 is 0 Å². The molecule has 0 atom stereocenters. The van der Waals surface area contributed by atoms with Crippen LogP contribution in [0.5, 0.6) is 0 Å². The maximum Gasteiger partial charge on any atom is 0.267 e. The zero-order chi connectivity index (χ0) is 14.5. The van der Waals surface area contributed by atoms with Crippen molar-refractivity contribution in [3.63, 3.8) is 0 Å². The van der Waals surface area contributed by atoms with Crippen molar-refractivity contribution in [2.24, 2.45) is 0 Å². The van der Waals surface area contributed by atoms with Crippen molar-refractivity contribution in [3.05, 3.63) is 72.3 Å². The lowest BCUT2D eigenvalue weighted by Gasteiger charge is -2.01. The summed E-state index contributed by atoms with van der Waals surface area (Å²) in [5.74, 6) is 0.490. The molecule has 1 aromatic heterocycles. The predicted octanol–water partition coefficient (Wildman–Crippen LogP) is 3.11. The van der Waals surface area contributed by atoms with Gasteiger partial charge in [-0.05, 0) is 28.5 Å². The van der Waals surface area contributed by atoms with Crippen molar-refractivity contribution in [2.45, 2.75) is 6.54 Å². The highest BCUT2D eigenvalue weighted by Gasteiger charge is 2.03. The predicted molar refractivity (Wildman–Crippen MR) is 83.2 cm³/mol. The third-order valence-corrected chi connectivity index (χ3v) is 3.02. The molecule has 0 aliphatic rings. The molecule has 104 valence electrons. The van der Waals surface area contributed by atoms with Gasteiger partial charge in [-0.15, -0.1) is 5.10 Å². The van der Waals surface area contributed by atoms with Crippen LogP contribution >= 0.6 is 0 Å². The number of anilines is 2. The van der Waals surface area contributed by atoms with Gasteiger partial charge >= 0.3 is 0 Å². The number of hydrogen-bond donors (Lipinski definition) is 1. The van der Waals surface area contributed by atoms with Crippen LogP contribution in [0.3, 0.4) is 0 Å². The Bertz CT molecular complexity index is 716. The SMILES string of the molecule is C=Cc1ccc(Cn2nnc(Nc3ccccc3)n2)cc1. The minimum Gasteiger partial charge on any atom is -0.322 e. The Balaban J connectivity index is 1.68. The first-order chi connectivity index (χ1) is 10.3. The maximum atomic E-state index is 4.31. The number of tetrazole rings is 1. The molecule has 3 aromatic rings. The number of aromatic nitrogens is 4. The van der Waals surface area contributed by atoms with Crippen molar-refractivity contribution < 1.29 is 0 Å². The van der Waals surface area contributed by atoms with Crippen LogP contribution in [0.2, 0.25) is 0 Å². The van der Waals surface area contributed by atoms with Gasteiger partial charge in [-0.1, -0.05) is 60.2 Å². The van der Waals surface area contributed by atoms with Crippen LogP contribution in [-0.4, -0.2) is 20.2 Å². The van der Waals surface area contributed by atoms with Gasteiger partial charge in [0.05, 0.1) is 6.54 Å². The second-order valence-corrected chi connectivity index (χ2v) is 4.58. The van der Waals surface area contributed by atoms with Gasteiger partial charge in [0.2, 0.25) is 0 Å². The Morgan fingerprint density at radius 2 is 1.81 bits per heavy atom. The van der Waals surface area contributed by atoms with Crippen molar-refractivity contribution in [1.29, 1.82) is 0 Å². The number of nitrogens with one attached hydrogen (secondary N) is 1. The summed E-state index contributed by atoms with van der Waals surface area (Å²) in [5, 5.41) is 15.5. The Hall–Kier alpha value is -2.95. The molecule has 0 spiro atoms. The van der Waals surface area contributed by atoms with E-state index in [2.05, 4.69) is 27.3 Å². The van der Waals surface area contributed by atoms with Gasteiger partial charge < -0.3 is 5.32 Å². The average molecular weight is 277 g/mol. The lowest BCUT2D eigenvalue weighted by atomic mass is 10.1. The molecular weight excluding hydrogens is 262 g/mol. The smallest absolute Gasteiger partial charge is 0.267 e. The topological polar surface area (TPSA) is 55.6 Å². The van der Waals surface area contributed by atoms with Crippen LogP contribution in [0.15, 0.2) is 61.2 Å². The standard InChI is InChI=1S/C16H15N5/c1-2-13-8-10-14(11-9-13)12-21-19-16(18-20-21)17-15-6-4-3-5-7-15/h2-11H,1,12H2,(H,17,19). The van der Waals surface area contributed by atoms with Gasteiger partial charge in [0.15, 0.2) is 0 Å². The van der Waals surface area contributed by atoms with Crippen molar-refractivity contribution in [3.8, 4) is 0 Å². The first-order valence-corrected chi connectivity index (χ1v) is 6.65. The summed E-state index contributed by atoms with van der Waals surface area (Å²) >= 11 is 0. The summed E-state index contributed by atoms with van der Waals surface area (Å²) in [6.45, 7) is 4.32. The molecule has 21 heavy (non-hydrogen) atoms. The molecule has 2 aromatic carbocycles. The highest BCUT2D eigenvalue weighted by atomic mass is 15.6. The quantitative estimate of drug-likeness (QED) is 0.778.